The summed E-state index contributed by atoms with van der Waals surface area (Å²) in [6.45, 7) is 3.87. The molecule has 3 atom stereocenters. The molecule has 10 nitrogen and oxygen atoms in total. The lowest BCUT2D eigenvalue weighted by Crippen LogP contribution is -2.34. The highest BCUT2D eigenvalue weighted by Crippen LogP contribution is 2.43. The van der Waals surface area contributed by atoms with E-state index in [0.29, 0.717) is 13.0 Å². The Morgan fingerprint density at radius 1 is 0.582 bits per heavy atom. The molecule has 55 heavy (non-hydrogen) atoms. The van der Waals surface area contributed by atoms with Crippen LogP contribution in [0.5, 0.6) is 0 Å². The van der Waals surface area contributed by atoms with E-state index in [1.165, 1.54) is 135 Å². The molecule has 0 aromatic carbocycles. The Morgan fingerprint density at radius 2 is 1.00 bits per heavy atom. The third kappa shape index (κ3) is 40.4. The summed E-state index contributed by atoms with van der Waals surface area (Å²) in [5, 5.41) is 8.90. The number of carbonyl (C=O) groups is 2. The van der Waals surface area contributed by atoms with Gasteiger partial charge in [-0.1, -0.05) is 179 Å². The number of ether oxygens (including phenoxy) is 2. The second-order valence-corrected chi connectivity index (χ2v) is 16.6. The van der Waals surface area contributed by atoms with E-state index in [2.05, 4.69) is 38.2 Å². The van der Waals surface area contributed by atoms with Gasteiger partial charge in [-0.3, -0.25) is 18.6 Å². The molecule has 0 radical (unpaired) electrons. The zero-order valence-corrected chi connectivity index (χ0v) is 36.2. The Balaban J connectivity index is 4.22. The molecule has 0 heterocycles. The lowest BCUT2D eigenvalue weighted by molar-refractivity contribution is -0.154. The van der Waals surface area contributed by atoms with Crippen molar-refractivity contribution in [3.05, 3.63) is 24.3 Å². The van der Waals surface area contributed by atoms with Crippen LogP contribution in [0.15, 0.2) is 24.3 Å². The average Bonchev–Trinajstić information content (AvgIpc) is 3.16. The van der Waals surface area contributed by atoms with Crippen molar-refractivity contribution in [2.45, 2.75) is 219 Å². The molecule has 0 saturated heterocycles. The fourth-order valence-electron chi connectivity index (χ4n) is 6.22. The summed E-state index contributed by atoms with van der Waals surface area (Å²) >= 11 is 0. The fourth-order valence-corrected chi connectivity index (χ4v) is 7.00. The molecule has 11 heteroatoms. The Labute approximate surface area is 336 Å². The number of hydrogen-bond donors (Lipinski definition) is 3. The van der Waals surface area contributed by atoms with E-state index in [-0.39, 0.29) is 13.0 Å². The molecule has 3 unspecified atom stereocenters. The van der Waals surface area contributed by atoms with Crippen molar-refractivity contribution in [2.24, 2.45) is 5.73 Å². The van der Waals surface area contributed by atoms with Crippen molar-refractivity contribution in [3.8, 4) is 0 Å². The van der Waals surface area contributed by atoms with E-state index in [4.69, 9.17) is 29.4 Å². The molecular weight excluding hydrogens is 717 g/mol. The first-order chi connectivity index (χ1) is 26.7. The van der Waals surface area contributed by atoms with Gasteiger partial charge in [-0.2, -0.15) is 0 Å². The first kappa shape index (κ1) is 53.5. The second-order valence-electron chi connectivity index (χ2n) is 15.2. The van der Waals surface area contributed by atoms with Gasteiger partial charge in [-0.15, -0.1) is 0 Å². The van der Waals surface area contributed by atoms with Crippen molar-refractivity contribution in [1.29, 1.82) is 0 Å². The number of allylic oxidation sites excluding steroid dienone is 4. The van der Waals surface area contributed by atoms with Gasteiger partial charge in [0.2, 0.25) is 0 Å². The summed E-state index contributed by atoms with van der Waals surface area (Å²) in [5.74, 6) is -1.78. The first-order valence-corrected chi connectivity index (χ1v) is 23.9. The fraction of sp³-hybridized carbons (Fsp3) is 0.864. The van der Waals surface area contributed by atoms with Crippen molar-refractivity contribution in [1.82, 2.24) is 0 Å². The zero-order valence-electron chi connectivity index (χ0n) is 35.3. The number of rotatable bonds is 43. The Kier molecular flexibility index (Phi) is 39.5. The summed E-state index contributed by atoms with van der Waals surface area (Å²) in [5.41, 5.74) is 5.36. The normalized spacial score (nSPS) is 14.1. The average molecular weight is 802 g/mol. The minimum atomic E-state index is -4.61. The van der Waals surface area contributed by atoms with Crippen molar-refractivity contribution < 1.29 is 42.7 Å². The van der Waals surface area contributed by atoms with Crippen LogP contribution in [0.25, 0.3) is 0 Å². The van der Waals surface area contributed by atoms with Crippen LogP contribution in [0, 0.1) is 0 Å². The Bertz CT molecular complexity index is 977. The number of carbonyl (C=O) groups excluding carboxylic acids is 1. The van der Waals surface area contributed by atoms with Crippen LogP contribution >= 0.6 is 7.82 Å². The molecule has 0 aromatic heterocycles. The van der Waals surface area contributed by atoms with Gasteiger partial charge in [0.05, 0.1) is 19.8 Å². The number of phosphoric ester groups is 1. The largest absolute Gasteiger partial charge is 0.480 e. The summed E-state index contributed by atoms with van der Waals surface area (Å²) in [7, 11) is -4.61. The van der Waals surface area contributed by atoms with Crippen LogP contribution in [-0.2, 0) is 32.7 Å². The molecule has 0 aliphatic carbocycles. The highest BCUT2D eigenvalue weighted by Gasteiger charge is 2.27. The number of unbranched alkanes of at least 4 members (excludes halogenated alkanes) is 25. The van der Waals surface area contributed by atoms with Crippen molar-refractivity contribution in [3.63, 3.8) is 0 Å². The van der Waals surface area contributed by atoms with Gasteiger partial charge < -0.3 is 25.2 Å². The SMILES string of the molecule is CCCCCC/C=C\C/C=C\CCCCCCCCOCC(COP(=O)(O)OCC(N)C(=O)O)OC(=O)CCCCCCCCCCCCCCCCCC. The third-order valence-corrected chi connectivity index (χ3v) is 10.7. The van der Waals surface area contributed by atoms with E-state index in [9.17, 15) is 19.0 Å². The summed E-state index contributed by atoms with van der Waals surface area (Å²) in [6.07, 6.45) is 43.6. The summed E-state index contributed by atoms with van der Waals surface area (Å²) in [6, 6.07) is -1.47. The third-order valence-electron chi connectivity index (χ3n) is 9.73. The molecule has 0 amide bonds. The van der Waals surface area contributed by atoms with Crippen LogP contribution in [0.3, 0.4) is 0 Å². The minimum Gasteiger partial charge on any atom is -0.480 e. The number of carboxylic acids is 1. The Morgan fingerprint density at radius 3 is 1.49 bits per heavy atom. The van der Waals surface area contributed by atoms with Gasteiger partial charge in [0.1, 0.15) is 12.1 Å². The molecule has 0 aromatic rings. The van der Waals surface area contributed by atoms with Gasteiger partial charge >= 0.3 is 19.8 Å². The van der Waals surface area contributed by atoms with Gasteiger partial charge in [-0.25, -0.2) is 4.57 Å². The van der Waals surface area contributed by atoms with E-state index >= 15 is 0 Å². The highest BCUT2D eigenvalue weighted by atomic mass is 31.2. The van der Waals surface area contributed by atoms with Gasteiger partial charge in [0, 0.05) is 13.0 Å². The van der Waals surface area contributed by atoms with E-state index in [1.807, 2.05) is 0 Å². The summed E-state index contributed by atoms with van der Waals surface area (Å²) < 4.78 is 33.4. The first-order valence-electron chi connectivity index (χ1n) is 22.4. The van der Waals surface area contributed by atoms with E-state index in [1.54, 1.807) is 0 Å². The quantitative estimate of drug-likeness (QED) is 0.0235. The molecule has 4 N–H and O–H groups in total. The van der Waals surface area contributed by atoms with Crippen LogP contribution in [0.4, 0.5) is 0 Å². The molecule has 0 rings (SSSR count). The van der Waals surface area contributed by atoms with E-state index < -0.39 is 45.1 Å². The monoisotopic (exact) mass is 802 g/mol. The van der Waals surface area contributed by atoms with Gasteiger partial charge in [0.15, 0.2) is 0 Å². The smallest absolute Gasteiger partial charge is 0.472 e. The van der Waals surface area contributed by atoms with Crippen LogP contribution < -0.4 is 5.73 Å². The topological polar surface area (TPSA) is 155 Å². The maximum absolute atomic E-state index is 12.6. The predicted molar refractivity (Wildman–Crippen MR) is 226 cm³/mol. The second kappa shape index (κ2) is 40.6. The number of phosphoric acid groups is 1. The lowest BCUT2D eigenvalue weighted by atomic mass is 10.0. The molecule has 324 valence electrons. The molecule has 0 bridgehead atoms. The minimum absolute atomic E-state index is 0.0136. The highest BCUT2D eigenvalue weighted by molar-refractivity contribution is 7.47. The number of carboxylic acid groups (broad SMARTS) is 1. The van der Waals surface area contributed by atoms with Gasteiger partial charge in [-0.05, 0) is 44.9 Å². The van der Waals surface area contributed by atoms with Gasteiger partial charge in [0.25, 0.3) is 0 Å². The van der Waals surface area contributed by atoms with Crippen molar-refractivity contribution >= 4 is 19.8 Å². The maximum atomic E-state index is 12.6. The lowest BCUT2D eigenvalue weighted by Gasteiger charge is -2.20. The number of aliphatic carboxylic acids is 1. The number of hydrogen-bond acceptors (Lipinski definition) is 8. The maximum Gasteiger partial charge on any atom is 0.472 e. The molecule has 0 fully saturated rings. The molecule has 0 aliphatic heterocycles. The zero-order chi connectivity index (χ0) is 40.5. The molecule has 0 spiro atoms. The Hall–Kier alpha value is -1.55. The van der Waals surface area contributed by atoms with E-state index in [0.717, 1.165) is 44.9 Å². The number of esters is 1. The summed E-state index contributed by atoms with van der Waals surface area (Å²) in [4.78, 5) is 33.5. The van der Waals surface area contributed by atoms with Crippen LogP contribution in [-0.4, -0.2) is 60.5 Å². The van der Waals surface area contributed by atoms with Crippen molar-refractivity contribution in [2.75, 3.05) is 26.4 Å². The molecule has 0 saturated carbocycles. The molecule has 0 aliphatic rings. The van der Waals surface area contributed by atoms with Crippen LogP contribution in [0.2, 0.25) is 0 Å². The molecular formula is C44H84NO9P. The van der Waals surface area contributed by atoms with Crippen LogP contribution in [0.1, 0.15) is 206 Å². The number of nitrogens with two attached hydrogens (primary N) is 1. The standard InChI is InChI=1S/C44H84NO9P/c1-3-5-7-9-11-13-15-17-19-21-23-25-27-29-31-33-35-37-51-38-41(39-52-55(49,50)53-40-42(45)44(47)48)54-43(46)36-34-32-30-28-26-24-22-20-18-16-14-12-10-8-6-4-2/h13,15,19,21,41-42H,3-12,14,16-18,20,22-40,45H2,1-2H3,(H,47,48)(H,49,50)/b15-13-,21-19-. The predicted octanol–water partition coefficient (Wildman–Crippen LogP) is 12.3.